The van der Waals surface area contributed by atoms with Gasteiger partial charge in [0.15, 0.2) is 0 Å². The third-order valence-electron chi connectivity index (χ3n) is 3.61. The molecule has 0 atom stereocenters. The number of halogens is 1. The van der Waals surface area contributed by atoms with Crippen LogP contribution in [0.5, 0.6) is 0 Å². The molecule has 1 aliphatic rings. The molecule has 2 heterocycles. The second-order valence-corrected chi connectivity index (χ2v) is 6.00. The normalized spacial score (nSPS) is 15.0. The summed E-state index contributed by atoms with van der Waals surface area (Å²) in [6.07, 6.45) is 5.56. The predicted octanol–water partition coefficient (Wildman–Crippen LogP) is 3.56. The van der Waals surface area contributed by atoms with Crippen LogP contribution in [0.2, 0.25) is 0 Å². The molecular weight excluding hydrogens is 330 g/mol. The topological polar surface area (TPSA) is 67.1 Å². The molecule has 0 aliphatic carbocycles. The molecule has 0 spiro atoms. The number of benzene rings is 1. The number of nitrogens with one attached hydrogen (secondary N) is 1. The van der Waals surface area contributed by atoms with Crippen LogP contribution in [-0.4, -0.2) is 23.1 Å². The summed E-state index contributed by atoms with van der Waals surface area (Å²) in [5, 5.41) is 3.25. The molecule has 1 aromatic carbocycles. The zero-order valence-corrected chi connectivity index (χ0v) is 13.3. The molecule has 1 aromatic heterocycles. The van der Waals surface area contributed by atoms with Crippen molar-refractivity contribution in [2.24, 2.45) is 0 Å². The van der Waals surface area contributed by atoms with Gasteiger partial charge in [0.1, 0.15) is 5.82 Å². The van der Waals surface area contributed by atoms with Crippen molar-refractivity contribution in [2.45, 2.75) is 19.3 Å². The summed E-state index contributed by atoms with van der Waals surface area (Å²) >= 11 is 3.41. The molecule has 0 bridgehead atoms. The molecule has 2 aromatic rings. The van der Waals surface area contributed by atoms with Gasteiger partial charge in [-0.05, 0) is 59.5 Å². The Balaban J connectivity index is 1.73. The van der Waals surface area contributed by atoms with Gasteiger partial charge < -0.3 is 16.0 Å². The van der Waals surface area contributed by atoms with Crippen molar-refractivity contribution in [1.82, 2.24) is 9.97 Å². The van der Waals surface area contributed by atoms with Crippen molar-refractivity contribution in [3.8, 4) is 0 Å². The minimum Gasteiger partial charge on any atom is -0.372 e. The van der Waals surface area contributed by atoms with Gasteiger partial charge in [-0.15, -0.1) is 0 Å². The quantitative estimate of drug-likeness (QED) is 0.888. The number of nitrogens with two attached hydrogens (primary N) is 1. The Morgan fingerprint density at radius 3 is 2.52 bits per heavy atom. The second-order valence-electron chi connectivity index (χ2n) is 5.14. The summed E-state index contributed by atoms with van der Waals surface area (Å²) in [4.78, 5) is 10.5. The maximum atomic E-state index is 5.61. The Bertz CT molecular complexity index is 608. The fourth-order valence-corrected chi connectivity index (χ4v) is 2.80. The Morgan fingerprint density at radius 2 is 1.81 bits per heavy atom. The van der Waals surface area contributed by atoms with Gasteiger partial charge in [-0.3, -0.25) is 0 Å². The lowest BCUT2D eigenvalue weighted by molar-refractivity contribution is 0.578. The Labute approximate surface area is 132 Å². The number of piperidine rings is 1. The van der Waals surface area contributed by atoms with E-state index in [-0.39, 0.29) is 5.95 Å². The van der Waals surface area contributed by atoms with Crippen molar-refractivity contribution in [3.05, 3.63) is 34.9 Å². The fourth-order valence-electron chi connectivity index (χ4n) is 2.51. The summed E-state index contributed by atoms with van der Waals surface area (Å²) in [6, 6.07) is 8.42. The van der Waals surface area contributed by atoms with Crippen LogP contribution >= 0.6 is 15.9 Å². The molecule has 3 N–H and O–H groups in total. The van der Waals surface area contributed by atoms with Crippen LogP contribution in [-0.2, 0) is 0 Å². The van der Waals surface area contributed by atoms with E-state index in [0.29, 0.717) is 5.82 Å². The minimum absolute atomic E-state index is 0.255. The molecule has 1 saturated heterocycles. The Kier molecular flexibility index (Phi) is 4.24. The monoisotopic (exact) mass is 347 g/mol. The highest BCUT2D eigenvalue weighted by molar-refractivity contribution is 9.10. The van der Waals surface area contributed by atoms with Crippen LogP contribution in [0.15, 0.2) is 34.9 Å². The summed E-state index contributed by atoms with van der Waals surface area (Å²) in [7, 11) is 0. The van der Waals surface area contributed by atoms with Gasteiger partial charge in [0.05, 0.1) is 4.47 Å². The zero-order valence-electron chi connectivity index (χ0n) is 11.7. The van der Waals surface area contributed by atoms with Gasteiger partial charge in [0.2, 0.25) is 5.95 Å². The number of hydrogen-bond donors (Lipinski definition) is 2. The third kappa shape index (κ3) is 3.44. The van der Waals surface area contributed by atoms with E-state index in [1.54, 1.807) is 6.20 Å². The molecule has 0 unspecified atom stereocenters. The first kappa shape index (κ1) is 14.1. The fraction of sp³-hybridized carbons (Fsp3) is 0.333. The van der Waals surface area contributed by atoms with E-state index in [4.69, 9.17) is 5.73 Å². The summed E-state index contributed by atoms with van der Waals surface area (Å²) in [6.45, 7) is 2.31. The van der Waals surface area contributed by atoms with E-state index in [9.17, 15) is 0 Å². The van der Waals surface area contributed by atoms with E-state index in [2.05, 4.69) is 60.4 Å². The maximum absolute atomic E-state index is 5.61. The molecule has 5 nitrogen and oxygen atoms in total. The Morgan fingerprint density at radius 1 is 1.10 bits per heavy atom. The van der Waals surface area contributed by atoms with Gasteiger partial charge >= 0.3 is 0 Å². The average Bonchev–Trinajstić information content (AvgIpc) is 2.53. The first-order valence-electron chi connectivity index (χ1n) is 7.12. The second kappa shape index (κ2) is 6.30. The molecule has 6 heteroatoms. The van der Waals surface area contributed by atoms with Crippen LogP contribution in [0.4, 0.5) is 23.1 Å². The number of nitrogen functional groups attached to an aromatic ring is 1. The first-order chi connectivity index (χ1) is 10.2. The summed E-state index contributed by atoms with van der Waals surface area (Å²) in [5.41, 5.74) is 7.87. The molecule has 110 valence electrons. The predicted molar refractivity (Wildman–Crippen MR) is 89.9 cm³/mol. The smallest absolute Gasteiger partial charge is 0.222 e. The molecule has 0 amide bonds. The molecule has 0 saturated carbocycles. The lowest BCUT2D eigenvalue weighted by Crippen LogP contribution is -2.29. The van der Waals surface area contributed by atoms with E-state index < -0.39 is 0 Å². The maximum Gasteiger partial charge on any atom is 0.222 e. The van der Waals surface area contributed by atoms with Crippen LogP contribution in [0.25, 0.3) is 0 Å². The van der Waals surface area contributed by atoms with Crippen LogP contribution in [0.3, 0.4) is 0 Å². The molecule has 21 heavy (non-hydrogen) atoms. The van der Waals surface area contributed by atoms with Crippen molar-refractivity contribution < 1.29 is 0 Å². The van der Waals surface area contributed by atoms with Crippen molar-refractivity contribution in [1.29, 1.82) is 0 Å². The lowest BCUT2D eigenvalue weighted by atomic mass is 10.1. The lowest BCUT2D eigenvalue weighted by Gasteiger charge is -2.28. The minimum atomic E-state index is 0.255. The van der Waals surface area contributed by atoms with Gasteiger partial charge in [0.25, 0.3) is 0 Å². The summed E-state index contributed by atoms with van der Waals surface area (Å²) in [5.74, 6) is 0.929. The molecular formula is C15H18BrN5. The van der Waals surface area contributed by atoms with Crippen LogP contribution in [0.1, 0.15) is 19.3 Å². The van der Waals surface area contributed by atoms with Crippen molar-refractivity contribution >= 4 is 39.1 Å². The van der Waals surface area contributed by atoms with Crippen LogP contribution < -0.4 is 16.0 Å². The highest BCUT2D eigenvalue weighted by Gasteiger charge is 2.10. The van der Waals surface area contributed by atoms with Crippen molar-refractivity contribution in [2.75, 3.05) is 29.0 Å². The Hall–Kier alpha value is -1.82. The van der Waals surface area contributed by atoms with Crippen LogP contribution in [0, 0.1) is 0 Å². The SMILES string of the molecule is Nc1ncc(Br)c(Nc2ccc(N3CCCCC3)cc2)n1. The highest BCUT2D eigenvalue weighted by Crippen LogP contribution is 2.26. The zero-order chi connectivity index (χ0) is 14.7. The van der Waals surface area contributed by atoms with Gasteiger partial charge in [-0.2, -0.15) is 4.98 Å². The van der Waals surface area contributed by atoms with Crippen molar-refractivity contribution in [3.63, 3.8) is 0 Å². The largest absolute Gasteiger partial charge is 0.372 e. The van der Waals surface area contributed by atoms with E-state index in [1.165, 1.54) is 24.9 Å². The van der Waals surface area contributed by atoms with E-state index in [1.807, 2.05) is 0 Å². The molecule has 0 radical (unpaired) electrons. The standard InChI is InChI=1S/C15H18BrN5/c16-13-10-18-15(17)20-14(13)19-11-4-6-12(7-5-11)21-8-2-1-3-9-21/h4-7,10H,1-3,8-9H2,(H3,17,18,19,20). The van der Waals surface area contributed by atoms with Gasteiger partial charge in [-0.25, -0.2) is 4.98 Å². The number of hydrogen-bond acceptors (Lipinski definition) is 5. The number of anilines is 4. The van der Waals surface area contributed by atoms with E-state index >= 15 is 0 Å². The number of nitrogens with zero attached hydrogens (tertiary/aromatic N) is 3. The summed E-state index contributed by atoms with van der Waals surface area (Å²) < 4.78 is 0.789. The number of aromatic nitrogens is 2. The molecule has 1 aliphatic heterocycles. The third-order valence-corrected chi connectivity index (χ3v) is 4.19. The van der Waals surface area contributed by atoms with E-state index in [0.717, 1.165) is 23.2 Å². The number of rotatable bonds is 3. The highest BCUT2D eigenvalue weighted by atomic mass is 79.9. The first-order valence-corrected chi connectivity index (χ1v) is 7.92. The molecule has 1 fully saturated rings. The average molecular weight is 348 g/mol. The van der Waals surface area contributed by atoms with Gasteiger partial charge in [-0.1, -0.05) is 0 Å². The van der Waals surface area contributed by atoms with Gasteiger partial charge in [0, 0.05) is 30.7 Å². The molecule has 3 rings (SSSR count).